The number of benzene rings is 13. The molecule has 0 aliphatic carbocycles. The molecule has 18 rings (SSSR count). The number of rotatable bonds is 7. The van der Waals surface area contributed by atoms with Crippen LogP contribution >= 0.6 is 0 Å². The Morgan fingerprint density at radius 2 is 0.509 bits per heavy atom. The van der Waals surface area contributed by atoms with Gasteiger partial charge in [-0.25, -0.2) is 0 Å². The van der Waals surface area contributed by atoms with Crippen LogP contribution in [0.25, 0.3) is 105 Å². The topological polar surface area (TPSA) is 21.3 Å². The normalized spacial score (nSPS) is 13.6. The first-order valence-electron chi connectivity index (χ1n) is 39.0. The van der Waals surface area contributed by atoms with Gasteiger partial charge in [0.05, 0.1) is 38.8 Å². The zero-order chi connectivity index (χ0) is 75.2. The highest BCUT2D eigenvalue weighted by molar-refractivity contribution is 7.00. The van der Waals surface area contributed by atoms with Crippen LogP contribution in [-0.4, -0.2) is 20.4 Å². The first-order valence-corrected chi connectivity index (χ1v) is 39.0. The van der Waals surface area contributed by atoms with Crippen LogP contribution in [0.4, 0.5) is 34.1 Å². The summed E-state index contributed by atoms with van der Waals surface area (Å²) in [6, 6.07) is 104. The molecule has 534 valence electrons. The van der Waals surface area contributed by atoms with Gasteiger partial charge in [-0.15, -0.1) is 0 Å². The second-order valence-electron chi connectivity index (χ2n) is 37.2. The molecule has 5 heterocycles. The minimum atomic E-state index is -0.217. The van der Waals surface area contributed by atoms with E-state index in [2.05, 4.69) is 415 Å². The summed E-state index contributed by atoms with van der Waals surface area (Å²) >= 11 is 0. The minimum absolute atomic E-state index is 0.0790. The van der Waals surface area contributed by atoms with Gasteiger partial charge in [-0.1, -0.05) is 270 Å². The van der Waals surface area contributed by atoms with Gasteiger partial charge in [0.2, 0.25) is 0 Å². The van der Waals surface area contributed by atoms with Crippen molar-refractivity contribution < 1.29 is 0 Å². The van der Waals surface area contributed by atoms with E-state index in [4.69, 9.17) is 0 Å². The van der Waals surface area contributed by atoms with Crippen LogP contribution in [0.1, 0.15) is 158 Å². The van der Waals surface area contributed by atoms with E-state index in [1.54, 1.807) is 0 Å². The molecule has 108 heavy (non-hydrogen) atoms. The molecule has 3 aromatic heterocycles. The standard InChI is InChI=1S/C102H98BN5/c1-97(2,3)67-39-47-90-82(57-67)83-58-68(98(4,5)6)40-48-91(83)106(90)77-61-94-96-95(62-77)108(76-55-71(101(13,14)15)52-72(56-76)102(16,17)18)93-60-74(105-87-36-28-26-34-79(87)81-50-66(38-46-89(81)105)64-31-23-20-24-32-64)42-44-85(93)103(96)84-43-41-73(59-92(84)107(94)75-53-69(99(7,8)9)51-70(54-75)100(10,11)12)104-86-35-27-25-33-78(86)80-49-65(37-45-88(80)104)63-29-21-19-22-30-63/h19-62H,1-18H3. The number of hydrogen-bond donors (Lipinski definition) is 0. The third kappa shape index (κ3) is 11.2. The van der Waals surface area contributed by atoms with Crippen molar-refractivity contribution in [3.05, 3.63) is 300 Å². The highest BCUT2D eigenvalue weighted by Crippen LogP contribution is 2.51. The predicted molar refractivity (Wildman–Crippen MR) is 467 cm³/mol. The van der Waals surface area contributed by atoms with Crippen molar-refractivity contribution in [2.75, 3.05) is 9.80 Å². The Kier molecular flexibility index (Phi) is 15.4. The third-order valence-electron chi connectivity index (χ3n) is 23.7. The Bertz CT molecular complexity index is 5920. The SMILES string of the molecule is CC(C)(C)c1cc(N2c3cc(-n4c5ccccc5c5cc(-c6ccccc6)ccc54)ccc3B3c4ccc(-n5c6ccccc6c6cc(-c7ccccc7)ccc65)cc4N(c4cc(C(C)(C)C)cc(C(C)(C)C)c4)c4cc(-n5c6ccc(C(C)(C)C)cc6c6cc(C(C)(C)C)ccc65)cc2c43)cc(C(C)(C)C)c1. The van der Waals surface area contributed by atoms with E-state index in [0.717, 1.165) is 51.2 Å². The van der Waals surface area contributed by atoms with Gasteiger partial charge in [-0.2, -0.15) is 0 Å². The lowest BCUT2D eigenvalue weighted by Gasteiger charge is -2.45. The van der Waals surface area contributed by atoms with E-state index in [-0.39, 0.29) is 39.2 Å². The molecular formula is C102H98BN5. The van der Waals surface area contributed by atoms with Gasteiger partial charge in [-0.3, -0.25) is 0 Å². The Morgan fingerprint density at radius 3 is 0.870 bits per heavy atom. The molecule has 0 fully saturated rings. The molecule has 6 heteroatoms. The van der Waals surface area contributed by atoms with Crippen LogP contribution in [0.15, 0.2) is 267 Å². The summed E-state index contributed by atoms with van der Waals surface area (Å²) in [6.45, 7) is 42.4. The fourth-order valence-electron chi connectivity index (χ4n) is 17.5. The molecule has 0 N–H and O–H groups in total. The van der Waals surface area contributed by atoms with Crippen molar-refractivity contribution in [1.82, 2.24) is 13.7 Å². The fraction of sp³-hybridized carbons (Fsp3) is 0.235. The Balaban J connectivity index is 1.00. The van der Waals surface area contributed by atoms with Crippen molar-refractivity contribution in [2.24, 2.45) is 0 Å². The fourth-order valence-corrected chi connectivity index (χ4v) is 17.5. The molecule has 2 aliphatic rings. The van der Waals surface area contributed by atoms with Crippen molar-refractivity contribution in [2.45, 2.75) is 157 Å². The second kappa shape index (κ2) is 24.2. The molecule has 0 saturated heterocycles. The summed E-state index contributed by atoms with van der Waals surface area (Å²) in [5.74, 6) is 0. The lowest BCUT2D eigenvalue weighted by atomic mass is 9.33. The predicted octanol–water partition coefficient (Wildman–Crippen LogP) is 26.2. The van der Waals surface area contributed by atoms with E-state index < -0.39 is 0 Å². The summed E-state index contributed by atoms with van der Waals surface area (Å²) in [5, 5.41) is 7.43. The van der Waals surface area contributed by atoms with Gasteiger partial charge in [0.25, 0.3) is 6.71 Å². The first kappa shape index (κ1) is 68.7. The number of nitrogens with zero attached hydrogens (tertiary/aromatic N) is 5. The molecule has 5 nitrogen and oxygen atoms in total. The molecule has 0 unspecified atom stereocenters. The Hall–Kier alpha value is -11.1. The lowest BCUT2D eigenvalue weighted by molar-refractivity contribution is 0.568. The number of anilines is 6. The van der Waals surface area contributed by atoms with Gasteiger partial charge in [0.15, 0.2) is 0 Å². The van der Waals surface area contributed by atoms with Gasteiger partial charge < -0.3 is 23.5 Å². The first-order chi connectivity index (χ1) is 51.3. The summed E-state index contributed by atoms with van der Waals surface area (Å²) in [6.07, 6.45) is 0. The number of fused-ring (bicyclic) bond motifs is 13. The van der Waals surface area contributed by atoms with Crippen LogP contribution in [-0.2, 0) is 32.5 Å². The van der Waals surface area contributed by atoms with Gasteiger partial charge in [0, 0.05) is 77.8 Å². The lowest BCUT2D eigenvalue weighted by Crippen LogP contribution is -2.61. The van der Waals surface area contributed by atoms with E-state index >= 15 is 0 Å². The molecule has 0 spiro atoms. The minimum Gasteiger partial charge on any atom is -0.311 e. The number of para-hydroxylation sites is 2. The molecule has 0 bridgehead atoms. The van der Waals surface area contributed by atoms with Crippen molar-refractivity contribution >= 4 is 123 Å². The average molecular weight is 1400 g/mol. The maximum Gasteiger partial charge on any atom is 0.252 e. The van der Waals surface area contributed by atoms with E-state index in [1.165, 1.54) is 137 Å². The van der Waals surface area contributed by atoms with Gasteiger partial charge in [0.1, 0.15) is 0 Å². The number of aromatic nitrogens is 3. The number of hydrogen-bond acceptors (Lipinski definition) is 2. The van der Waals surface area contributed by atoms with Gasteiger partial charge >= 0.3 is 0 Å². The zero-order valence-corrected chi connectivity index (χ0v) is 66.2. The van der Waals surface area contributed by atoms with E-state index in [9.17, 15) is 0 Å². The Morgan fingerprint density at radius 1 is 0.204 bits per heavy atom. The smallest absolute Gasteiger partial charge is 0.252 e. The molecule has 0 amide bonds. The highest BCUT2D eigenvalue weighted by Gasteiger charge is 2.45. The molecule has 0 radical (unpaired) electrons. The van der Waals surface area contributed by atoms with Crippen molar-refractivity contribution in [3.8, 4) is 39.3 Å². The monoisotopic (exact) mass is 1400 g/mol. The van der Waals surface area contributed by atoms with E-state index in [0.29, 0.717) is 0 Å². The maximum absolute atomic E-state index is 2.71. The van der Waals surface area contributed by atoms with Crippen LogP contribution in [0, 0.1) is 0 Å². The quantitative estimate of drug-likeness (QED) is 0.148. The Labute approximate surface area is 638 Å². The van der Waals surface area contributed by atoms with Crippen LogP contribution in [0.2, 0.25) is 0 Å². The summed E-state index contributed by atoms with van der Waals surface area (Å²) in [7, 11) is 0. The third-order valence-corrected chi connectivity index (χ3v) is 23.7. The van der Waals surface area contributed by atoms with Crippen LogP contribution in [0.5, 0.6) is 0 Å². The molecule has 2 aliphatic heterocycles. The molecule has 16 aromatic rings. The average Bonchev–Trinajstić information content (AvgIpc) is 0.916. The zero-order valence-electron chi connectivity index (χ0n) is 66.2. The summed E-state index contributed by atoms with van der Waals surface area (Å²) in [4.78, 5) is 5.41. The molecule has 0 saturated carbocycles. The van der Waals surface area contributed by atoms with Crippen LogP contribution in [0.3, 0.4) is 0 Å². The summed E-state index contributed by atoms with van der Waals surface area (Å²) in [5.41, 5.74) is 32.8. The molecule has 0 atom stereocenters. The largest absolute Gasteiger partial charge is 0.311 e. The van der Waals surface area contributed by atoms with Gasteiger partial charge in [-0.05, 0) is 226 Å². The summed E-state index contributed by atoms with van der Waals surface area (Å²) < 4.78 is 7.68. The van der Waals surface area contributed by atoms with E-state index in [1.807, 2.05) is 0 Å². The molecular weight excluding hydrogens is 1310 g/mol. The van der Waals surface area contributed by atoms with Crippen molar-refractivity contribution in [3.63, 3.8) is 0 Å². The molecule has 13 aromatic carbocycles. The van der Waals surface area contributed by atoms with Crippen LogP contribution < -0.4 is 26.2 Å². The highest BCUT2D eigenvalue weighted by atomic mass is 15.2. The van der Waals surface area contributed by atoms with Crippen molar-refractivity contribution in [1.29, 1.82) is 0 Å². The maximum atomic E-state index is 2.71. The second-order valence-corrected chi connectivity index (χ2v) is 37.2.